The summed E-state index contributed by atoms with van der Waals surface area (Å²) in [6.45, 7) is 6.52. The molecule has 0 aromatic carbocycles. The van der Waals surface area contributed by atoms with Gasteiger partial charge in [0.25, 0.3) is 0 Å². The summed E-state index contributed by atoms with van der Waals surface area (Å²) in [7, 11) is 0. The largest absolute Gasteiger partial charge is 0.481 e. The highest BCUT2D eigenvalue weighted by Crippen LogP contribution is 2.33. The molecular formula is C14H25N3O4. The Morgan fingerprint density at radius 3 is 2.52 bits per heavy atom. The zero-order valence-corrected chi connectivity index (χ0v) is 12.9. The number of urea groups is 1. The standard InChI is InChI=1S/C14H25N3O4/c1-4-14(12(19)20)6-5-7-17(9-14)8-11(18)16-13(21)15-10(2)3/h10H,4-9H2,1-3H3,(H,19,20)(H2,15,16,18,21). The van der Waals surface area contributed by atoms with Crippen LogP contribution in [0.3, 0.4) is 0 Å². The van der Waals surface area contributed by atoms with Gasteiger partial charge in [0, 0.05) is 12.6 Å². The monoisotopic (exact) mass is 299 g/mol. The molecule has 1 unspecified atom stereocenters. The third-order valence-electron chi connectivity index (χ3n) is 3.83. The van der Waals surface area contributed by atoms with E-state index in [0.717, 1.165) is 6.42 Å². The van der Waals surface area contributed by atoms with Crippen LogP contribution in [0.2, 0.25) is 0 Å². The summed E-state index contributed by atoms with van der Waals surface area (Å²) >= 11 is 0. The van der Waals surface area contributed by atoms with Crippen LogP contribution in [0.15, 0.2) is 0 Å². The Morgan fingerprint density at radius 1 is 1.33 bits per heavy atom. The molecule has 1 aliphatic rings. The van der Waals surface area contributed by atoms with Crippen molar-refractivity contribution in [1.29, 1.82) is 0 Å². The number of rotatable bonds is 5. The lowest BCUT2D eigenvalue weighted by atomic mass is 9.77. The van der Waals surface area contributed by atoms with E-state index in [1.54, 1.807) is 18.7 Å². The molecule has 1 atom stereocenters. The van der Waals surface area contributed by atoms with Crippen LogP contribution in [-0.2, 0) is 9.59 Å². The van der Waals surface area contributed by atoms with Gasteiger partial charge >= 0.3 is 12.0 Å². The quantitative estimate of drug-likeness (QED) is 0.697. The minimum atomic E-state index is -0.812. The van der Waals surface area contributed by atoms with Crippen LogP contribution in [0.1, 0.15) is 40.0 Å². The van der Waals surface area contributed by atoms with Crippen LogP contribution in [0, 0.1) is 5.41 Å². The average molecular weight is 299 g/mol. The van der Waals surface area contributed by atoms with Crippen LogP contribution in [-0.4, -0.2) is 53.6 Å². The fourth-order valence-electron chi connectivity index (χ4n) is 2.64. The second-order valence-corrected chi connectivity index (χ2v) is 5.93. The maximum atomic E-state index is 11.8. The molecule has 120 valence electrons. The van der Waals surface area contributed by atoms with Gasteiger partial charge in [-0.1, -0.05) is 6.92 Å². The Hall–Kier alpha value is -1.63. The van der Waals surface area contributed by atoms with Gasteiger partial charge in [-0.25, -0.2) is 4.79 Å². The van der Waals surface area contributed by atoms with Gasteiger partial charge in [0.2, 0.25) is 5.91 Å². The highest BCUT2D eigenvalue weighted by Gasteiger charge is 2.41. The number of nitrogens with zero attached hydrogens (tertiary/aromatic N) is 1. The smallest absolute Gasteiger partial charge is 0.321 e. The third-order valence-corrected chi connectivity index (χ3v) is 3.83. The molecule has 3 amide bonds. The predicted molar refractivity (Wildman–Crippen MR) is 77.8 cm³/mol. The second-order valence-electron chi connectivity index (χ2n) is 5.93. The molecule has 0 radical (unpaired) electrons. The van der Waals surface area contributed by atoms with E-state index >= 15 is 0 Å². The zero-order chi connectivity index (χ0) is 16.0. The third kappa shape index (κ3) is 5.00. The predicted octanol–water partition coefficient (Wildman–Crippen LogP) is 0.797. The number of carbonyl (C=O) groups excluding carboxylic acids is 2. The second kappa shape index (κ2) is 7.40. The lowest BCUT2D eigenvalue weighted by Gasteiger charge is -2.39. The maximum Gasteiger partial charge on any atom is 0.321 e. The van der Waals surface area contributed by atoms with Crippen molar-refractivity contribution in [2.45, 2.75) is 46.1 Å². The lowest BCUT2D eigenvalue weighted by Crippen LogP contribution is -2.52. The van der Waals surface area contributed by atoms with Crippen molar-refractivity contribution in [2.24, 2.45) is 5.41 Å². The molecule has 7 nitrogen and oxygen atoms in total. The van der Waals surface area contributed by atoms with Gasteiger partial charge in [0.1, 0.15) is 0 Å². The number of hydrogen-bond donors (Lipinski definition) is 3. The molecular weight excluding hydrogens is 274 g/mol. The van der Waals surface area contributed by atoms with E-state index in [1.807, 2.05) is 6.92 Å². The number of hydrogen-bond acceptors (Lipinski definition) is 4. The van der Waals surface area contributed by atoms with Gasteiger partial charge in [-0.3, -0.25) is 19.8 Å². The van der Waals surface area contributed by atoms with Crippen molar-refractivity contribution in [3.05, 3.63) is 0 Å². The lowest BCUT2D eigenvalue weighted by molar-refractivity contribution is -0.153. The van der Waals surface area contributed by atoms with Crippen LogP contribution in [0.25, 0.3) is 0 Å². The first kappa shape index (κ1) is 17.4. The van der Waals surface area contributed by atoms with Gasteiger partial charge < -0.3 is 10.4 Å². The van der Waals surface area contributed by atoms with Gasteiger partial charge in [0.05, 0.1) is 12.0 Å². The summed E-state index contributed by atoms with van der Waals surface area (Å²) in [5.41, 5.74) is -0.779. The number of carbonyl (C=O) groups is 3. The fraction of sp³-hybridized carbons (Fsp3) is 0.786. The minimum Gasteiger partial charge on any atom is -0.481 e. The molecule has 1 aliphatic heterocycles. The van der Waals surface area contributed by atoms with Gasteiger partial charge in [0.15, 0.2) is 0 Å². The Morgan fingerprint density at radius 2 is 2.00 bits per heavy atom. The normalized spacial score (nSPS) is 22.9. The van der Waals surface area contributed by atoms with E-state index in [-0.39, 0.29) is 12.6 Å². The number of aliphatic carboxylic acids is 1. The van der Waals surface area contributed by atoms with E-state index in [0.29, 0.717) is 25.9 Å². The summed E-state index contributed by atoms with van der Waals surface area (Å²) in [5, 5.41) is 14.2. The number of nitrogens with one attached hydrogen (secondary N) is 2. The highest BCUT2D eigenvalue weighted by molar-refractivity contribution is 5.95. The minimum absolute atomic E-state index is 0.0422. The van der Waals surface area contributed by atoms with Crippen LogP contribution in [0.4, 0.5) is 4.79 Å². The van der Waals surface area contributed by atoms with Gasteiger partial charge in [-0.2, -0.15) is 0 Å². The van der Waals surface area contributed by atoms with Gasteiger partial charge in [-0.05, 0) is 39.7 Å². The van der Waals surface area contributed by atoms with Crippen molar-refractivity contribution in [2.75, 3.05) is 19.6 Å². The Bertz CT molecular complexity index is 411. The molecule has 1 rings (SSSR count). The van der Waals surface area contributed by atoms with E-state index in [1.165, 1.54) is 0 Å². The van der Waals surface area contributed by atoms with Crippen molar-refractivity contribution in [3.63, 3.8) is 0 Å². The summed E-state index contributed by atoms with van der Waals surface area (Å²) in [5.74, 6) is -1.22. The average Bonchev–Trinajstić information content (AvgIpc) is 2.37. The molecule has 1 fully saturated rings. The molecule has 0 bridgehead atoms. The summed E-state index contributed by atoms with van der Waals surface area (Å²) in [6.07, 6.45) is 1.91. The van der Waals surface area contributed by atoms with Crippen LogP contribution in [0.5, 0.6) is 0 Å². The molecule has 0 aromatic rings. The number of imide groups is 1. The molecule has 1 heterocycles. The number of carboxylic acid groups (broad SMARTS) is 1. The first-order valence-corrected chi connectivity index (χ1v) is 7.35. The molecule has 0 saturated carbocycles. The van der Waals surface area contributed by atoms with E-state index in [4.69, 9.17) is 0 Å². The Labute approximate surface area is 125 Å². The van der Waals surface area contributed by atoms with Crippen molar-refractivity contribution >= 4 is 17.9 Å². The number of piperidine rings is 1. The topological polar surface area (TPSA) is 98.7 Å². The van der Waals surface area contributed by atoms with E-state index in [9.17, 15) is 19.5 Å². The fourth-order valence-corrected chi connectivity index (χ4v) is 2.64. The number of likely N-dealkylation sites (tertiary alicyclic amines) is 1. The summed E-state index contributed by atoms with van der Waals surface area (Å²) in [6, 6.07) is -0.570. The Balaban J connectivity index is 2.53. The van der Waals surface area contributed by atoms with Gasteiger partial charge in [-0.15, -0.1) is 0 Å². The first-order chi connectivity index (χ1) is 9.79. The molecule has 21 heavy (non-hydrogen) atoms. The number of amides is 3. The first-order valence-electron chi connectivity index (χ1n) is 7.35. The SMILES string of the molecule is CCC1(C(=O)O)CCCN(CC(=O)NC(=O)NC(C)C)C1. The molecule has 1 saturated heterocycles. The van der Waals surface area contributed by atoms with Crippen molar-refractivity contribution in [3.8, 4) is 0 Å². The highest BCUT2D eigenvalue weighted by atomic mass is 16.4. The molecule has 0 spiro atoms. The summed E-state index contributed by atoms with van der Waals surface area (Å²) in [4.78, 5) is 36.5. The van der Waals surface area contributed by atoms with E-state index < -0.39 is 23.3 Å². The molecule has 7 heteroatoms. The Kier molecular flexibility index (Phi) is 6.14. The maximum absolute atomic E-state index is 11.8. The molecule has 3 N–H and O–H groups in total. The molecule has 0 aromatic heterocycles. The van der Waals surface area contributed by atoms with E-state index in [2.05, 4.69) is 10.6 Å². The van der Waals surface area contributed by atoms with Crippen molar-refractivity contribution in [1.82, 2.24) is 15.5 Å². The van der Waals surface area contributed by atoms with Crippen LogP contribution >= 0.6 is 0 Å². The summed E-state index contributed by atoms with van der Waals surface area (Å²) < 4.78 is 0. The van der Waals surface area contributed by atoms with Crippen molar-refractivity contribution < 1.29 is 19.5 Å². The molecule has 0 aliphatic carbocycles. The van der Waals surface area contributed by atoms with Crippen LogP contribution < -0.4 is 10.6 Å². The zero-order valence-electron chi connectivity index (χ0n) is 12.9. The number of carboxylic acids is 1.